The summed E-state index contributed by atoms with van der Waals surface area (Å²) in [6, 6.07) is 10.0. The average molecular weight is 534 g/mol. The van der Waals surface area contributed by atoms with Crippen LogP contribution in [0.25, 0.3) is 0 Å². The zero-order chi connectivity index (χ0) is 19.4. The molecule has 0 atom stereocenters. The lowest BCUT2D eigenvalue weighted by Gasteiger charge is -2.38. The van der Waals surface area contributed by atoms with E-state index in [9.17, 15) is 0 Å². The number of nitrogens with zero attached hydrogens (tertiary/aromatic N) is 1. The highest BCUT2D eigenvalue weighted by Crippen LogP contribution is 2.35. The van der Waals surface area contributed by atoms with Crippen molar-refractivity contribution in [2.75, 3.05) is 25.1 Å². The summed E-state index contributed by atoms with van der Waals surface area (Å²) < 4.78 is 7.38. The number of thiocarbonyl (C=S) groups is 1. The summed E-state index contributed by atoms with van der Waals surface area (Å²) in [6.45, 7) is 4.10. The van der Waals surface area contributed by atoms with Gasteiger partial charge in [0, 0.05) is 34.7 Å². The number of ether oxygens (including phenoxy) is 1. The van der Waals surface area contributed by atoms with E-state index in [1.165, 1.54) is 5.56 Å². The molecule has 8 heteroatoms. The van der Waals surface area contributed by atoms with Gasteiger partial charge in [0.15, 0.2) is 5.11 Å². The van der Waals surface area contributed by atoms with E-state index in [-0.39, 0.29) is 5.41 Å². The Labute approximate surface area is 186 Å². The van der Waals surface area contributed by atoms with E-state index in [1.54, 1.807) is 0 Å². The molecule has 144 valence electrons. The van der Waals surface area contributed by atoms with Gasteiger partial charge >= 0.3 is 0 Å². The number of anilines is 1. The number of aromatic nitrogens is 1. The maximum absolute atomic E-state index is 6.23. The summed E-state index contributed by atoms with van der Waals surface area (Å²) >= 11 is 18.7. The smallest absolute Gasteiger partial charge is 0.172 e. The standard InChI is InChI=1S/C19H20Br2ClN3OS/c1-12-15(20)10-16(21)17(24-12)25-18(27)23-11-19(5-7-26-8-6-19)13-3-2-4-14(22)9-13/h2-4,9-10H,5-8,11H2,1H3,(H2,23,24,25,27). The molecule has 3 rings (SSSR count). The van der Waals surface area contributed by atoms with Gasteiger partial charge in [-0.15, -0.1) is 0 Å². The van der Waals surface area contributed by atoms with Gasteiger partial charge in [0.05, 0.1) is 10.2 Å². The lowest BCUT2D eigenvalue weighted by molar-refractivity contribution is 0.0515. The number of nitrogens with one attached hydrogen (secondary N) is 2. The van der Waals surface area contributed by atoms with Gasteiger partial charge in [0.25, 0.3) is 0 Å². The predicted molar refractivity (Wildman–Crippen MR) is 122 cm³/mol. The van der Waals surface area contributed by atoms with Crippen LogP contribution in [0.4, 0.5) is 5.82 Å². The van der Waals surface area contributed by atoms with Crippen LogP contribution in [0.1, 0.15) is 24.1 Å². The quantitative estimate of drug-likeness (QED) is 0.501. The molecule has 0 unspecified atom stereocenters. The van der Waals surface area contributed by atoms with Crippen molar-refractivity contribution in [2.45, 2.75) is 25.2 Å². The van der Waals surface area contributed by atoms with Crippen LogP contribution in [0.2, 0.25) is 5.02 Å². The molecular weight excluding hydrogens is 514 g/mol. The first-order valence-electron chi connectivity index (χ1n) is 8.61. The fourth-order valence-electron chi connectivity index (χ4n) is 3.20. The van der Waals surface area contributed by atoms with Gasteiger partial charge in [-0.2, -0.15) is 0 Å². The molecular formula is C19H20Br2ClN3OS. The molecule has 1 fully saturated rings. The summed E-state index contributed by atoms with van der Waals surface area (Å²) in [4.78, 5) is 4.52. The molecule has 0 amide bonds. The summed E-state index contributed by atoms with van der Waals surface area (Å²) in [5, 5.41) is 7.84. The van der Waals surface area contributed by atoms with Crippen molar-refractivity contribution in [3.8, 4) is 0 Å². The van der Waals surface area contributed by atoms with Crippen molar-refractivity contribution < 1.29 is 4.74 Å². The van der Waals surface area contributed by atoms with Gasteiger partial charge in [0.2, 0.25) is 0 Å². The first-order chi connectivity index (χ1) is 12.9. The fourth-order valence-corrected chi connectivity index (χ4v) is 4.60. The monoisotopic (exact) mass is 531 g/mol. The summed E-state index contributed by atoms with van der Waals surface area (Å²) in [5.74, 6) is 0.692. The second-order valence-corrected chi connectivity index (χ2v) is 9.15. The normalized spacial score (nSPS) is 16.0. The van der Waals surface area contributed by atoms with Crippen LogP contribution in [-0.2, 0) is 10.2 Å². The second kappa shape index (κ2) is 9.18. The highest BCUT2D eigenvalue weighted by Gasteiger charge is 2.34. The minimum absolute atomic E-state index is 0.0603. The largest absolute Gasteiger partial charge is 0.381 e. The minimum Gasteiger partial charge on any atom is -0.381 e. The Morgan fingerprint density at radius 1 is 1.26 bits per heavy atom. The van der Waals surface area contributed by atoms with E-state index >= 15 is 0 Å². The molecule has 1 aliphatic heterocycles. The van der Waals surface area contributed by atoms with Crippen molar-refractivity contribution in [1.29, 1.82) is 0 Å². The maximum atomic E-state index is 6.23. The Hall–Kier alpha value is -0.730. The number of halogens is 3. The van der Waals surface area contributed by atoms with Crippen molar-refractivity contribution in [2.24, 2.45) is 0 Å². The van der Waals surface area contributed by atoms with E-state index in [2.05, 4.69) is 53.5 Å². The Bertz CT molecular complexity index is 844. The fraction of sp³-hybridized carbons (Fsp3) is 0.368. The van der Waals surface area contributed by atoms with Crippen LogP contribution in [0, 0.1) is 6.92 Å². The second-order valence-electron chi connectivity index (χ2n) is 6.60. The SMILES string of the molecule is Cc1nc(NC(=S)NCC2(c3cccc(Cl)c3)CCOCC2)c(Br)cc1Br. The zero-order valence-corrected chi connectivity index (χ0v) is 19.6. The molecule has 27 heavy (non-hydrogen) atoms. The highest BCUT2D eigenvalue weighted by atomic mass is 79.9. The van der Waals surface area contributed by atoms with Gasteiger partial charge in [0.1, 0.15) is 5.82 Å². The van der Waals surface area contributed by atoms with E-state index in [4.69, 9.17) is 28.6 Å². The van der Waals surface area contributed by atoms with Crippen molar-refractivity contribution in [3.05, 3.63) is 55.6 Å². The summed E-state index contributed by atoms with van der Waals surface area (Å²) in [7, 11) is 0. The molecule has 1 saturated heterocycles. The van der Waals surface area contributed by atoms with Crippen molar-refractivity contribution in [1.82, 2.24) is 10.3 Å². The Kier molecular flexibility index (Phi) is 7.14. The highest BCUT2D eigenvalue weighted by molar-refractivity contribution is 9.11. The molecule has 0 bridgehead atoms. The zero-order valence-electron chi connectivity index (χ0n) is 14.8. The topological polar surface area (TPSA) is 46.2 Å². The predicted octanol–water partition coefficient (Wildman–Crippen LogP) is 5.60. The Morgan fingerprint density at radius 3 is 2.70 bits per heavy atom. The molecule has 1 aliphatic rings. The van der Waals surface area contributed by atoms with Crippen LogP contribution < -0.4 is 10.6 Å². The van der Waals surface area contributed by atoms with Gasteiger partial charge in [-0.1, -0.05) is 23.7 Å². The van der Waals surface area contributed by atoms with Gasteiger partial charge < -0.3 is 15.4 Å². The Morgan fingerprint density at radius 2 is 2.00 bits per heavy atom. The lowest BCUT2D eigenvalue weighted by Crippen LogP contribution is -2.45. The molecule has 0 aliphatic carbocycles. The van der Waals surface area contributed by atoms with Crippen LogP contribution in [-0.4, -0.2) is 29.9 Å². The third-order valence-corrected chi connectivity index (χ3v) is 6.70. The maximum Gasteiger partial charge on any atom is 0.172 e. The molecule has 1 aromatic heterocycles. The third-order valence-electron chi connectivity index (χ3n) is 4.81. The number of hydrogen-bond donors (Lipinski definition) is 2. The average Bonchev–Trinajstić information content (AvgIpc) is 2.65. The van der Waals surface area contributed by atoms with Crippen LogP contribution in [0.15, 0.2) is 39.3 Å². The summed E-state index contributed by atoms with van der Waals surface area (Å²) in [6.07, 6.45) is 1.84. The van der Waals surface area contributed by atoms with Crippen molar-refractivity contribution in [3.63, 3.8) is 0 Å². The van der Waals surface area contributed by atoms with Gasteiger partial charge in [-0.25, -0.2) is 4.98 Å². The van der Waals surface area contributed by atoms with E-state index in [0.29, 0.717) is 17.5 Å². The molecule has 2 aromatic rings. The number of aryl methyl sites for hydroxylation is 1. The first kappa shape index (κ1) is 21.0. The van der Waals surface area contributed by atoms with E-state index in [1.807, 2.05) is 31.2 Å². The van der Waals surface area contributed by atoms with E-state index in [0.717, 1.165) is 45.7 Å². The first-order valence-corrected chi connectivity index (χ1v) is 11.0. The van der Waals surface area contributed by atoms with E-state index < -0.39 is 0 Å². The van der Waals surface area contributed by atoms with Crippen LogP contribution in [0.3, 0.4) is 0 Å². The number of rotatable bonds is 4. The number of hydrogen-bond acceptors (Lipinski definition) is 3. The van der Waals surface area contributed by atoms with Crippen LogP contribution >= 0.6 is 55.7 Å². The lowest BCUT2D eigenvalue weighted by atomic mass is 9.74. The molecule has 0 radical (unpaired) electrons. The molecule has 2 N–H and O–H groups in total. The minimum atomic E-state index is -0.0603. The van der Waals surface area contributed by atoms with Gasteiger partial charge in [-0.3, -0.25) is 0 Å². The Balaban J connectivity index is 1.72. The molecule has 0 spiro atoms. The number of pyridine rings is 1. The van der Waals surface area contributed by atoms with Gasteiger partial charge in [-0.05, 0) is 87.6 Å². The third kappa shape index (κ3) is 5.21. The summed E-state index contributed by atoms with van der Waals surface area (Å²) in [5.41, 5.74) is 2.05. The molecule has 2 heterocycles. The molecule has 4 nitrogen and oxygen atoms in total. The molecule has 0 saturated carbocycles. The van der Waals surface area contributed by atoms with Crippen molar-refractivity contribution >= 4 is 66.6 Å². The van der Waals surface area contributed by atoms with Crippen LogP contribution in [0.5, 0.6) is 0 Å². The molecule has 1 aromatic carbocycles. The number of benzene rings is 1.